The molecule has 0 amide bonds. The number of phenolic OH excluding ortho intramolecular Hbond substituents is 1. The first-order valence-corrected chi connectivity index (χ1v) is 3.82. The van der Waals surface area contributed by atoms with E-state index in [2.05, 4.69) is 0 Å². The highest BCUT2D eigenvalue weighted by Crippen LogP contribution is 2.30. The molecule has 0 saturated heterocycles. The second-order valence-corrected chi connectivity index (χ2v) is 2.93. The molecule has 0 spiro atoms. The molecule has 4 heteroatoms. The molecule has 3 N–H and O–H groups in total. The summed E-state index contributed by atoms with van der Waals surface area (Å²) in [7, 11) is 0. The molecule has 0 aliphatic carbocycles. The van der Waals surface area contributed by atoms with Gasteiger partial charge in [0, 0.05) is 12.1 Å². The van der Waals surface area contributed by atoms with Crippen LogP contribution in [0.15, 0.2) is 6.07 Å². The predicted molar refractivity (Wildman–Crippen MR) is 45.7 cm³/mol. The molecule has 0 aliphatic heterocycles. The van der Waals surface area contributed by atoms with Gasteiger partial charge in [-0.1, -0.05) is 11.6 Å². The summed E-state index contributed by atoms with van der Waals surface area (Å²) in [6.45, 7) is 1.82. The van der Waals surface area contributed by atoms with E-state index in [1.807, 2.05) is 0 Å². The Bertz CT molecular complexity index is 314. The second-order valence-electron chi connectivity index (χ2n) is 2.52. The Hall–Kier alpha value is -0.800. The van der Waals surface area contributed by atoms with E-state index in [0.29, 0.717) is 11.1 Å². The lowest BCUT2D eigenvalue weighted by molar-refractivity contribution is 0.425. The molecule has 0 unspecified atom stereocenters. The molecule has 2 nitrogen and oxygen atoms in total. The lowest BCUT2D eigenvalue weighted by Crippen LogP contribution is -2.01. The van der Waals surface area contributed by atoms with Crippen molar-refractivity contribution in [2.45, 2.75) is 13.5 Å². The molecule has 0 saturated carbocycles. The van der Waals surface area contributed by atoms with Gasteiger partial charge >= 0.3 is 0 Å². The van der Waals surface area contributed by atoms with Crippen molar-refractivity contribution < 1.29 is 9.50 Å². The van der Waals surface area contributed by atoms with Crippen LogP contribution in [0.3, 0.4) is 0 Å². The average Bonchev–Trinajstić information content (AvgIpc) is 2.01. The first-order valence-electron chi connectivity index (χ1n) is 3.44. The normalized spacial score (nSPS) is 10.3. The van der Waals surface area contributed by atoms with E-state index >= 15 is 0 Å². The molecule has 0 fully saturated rings. The average molecular weight is 190 g/mol. The summed E-state index contributed by atoms with van der Waals surface area (Å²) >= 11 is 5.47. The Labute approximate surface area is 74.8 Å². The Kier molecular flexibility index (Phi) is 2.55. The third-order valence-corrected chi connectivity index (χ3v) is 2.00. The van der Waals surface area contributed by atoms with Crippen molar-refractivity contribution in [3.63, 3.8) is 0 Å². The third kappa shape index (κ3) is 1.38. The number of nitrogens with two attached hydrogens (primary N) is 1. The van der Waals surface area contributed by atoms with Gasteiger partial charge in [0.1, 0.15) is 0 Å². The molecule has 12 heavy (non-hydrogen) atoms. The maximum absolute atomic E-state index is 12.9. The summed E-state index contributed by atoms with van der Waals surface area (Å²) in [5, 5.41) is 9.14. The summed E-state index contributed by atoms with van der Waals surface area (Å²) in [5.74, 6) is -1.25. The summed E-state index contributed by atoms with van der Waals surface area (Å²) in [6.07, 6.45) is 0. The van der Waals surface area contributed by atoms with Crippen LogP contribution in [0.25, 0.3) is 0 Å². The molecular weight excluding hydrogens is 181 g/mol. The summed E-state index contributed by atoms with van der Waals surface area (Å²) in [4.78, 5) is 0. The smallest absolute Gasteiger partial charge is 0.183 e. The molecule has 0 heterocycles. The van der Waals surface area contributed by atoms with Gasteiger partial charge in [0.15, 0.2) is 11.6 Å². The number of phenols is 1. The first-order chi connectivity index (χ1) is 5.57. The van der Waals surface area contributed by atoms with E-state index in [-0.39, 0.29) is 11.6 Å². The highest BCUT2D eigenvalue weighted by atomic mass is 35.5. The fourth-order valence-electron chi connectivity index (χ4n) is 1.03. The van der Waals surface area contributed by atoms with Gasteiger partial charge in [-0.2, -0.15) is 0 Å². The lowest BCUT2D eigenvalue weighted by Gasteiger charge is -2.07. The summed E-state index contributed by atoms with van der Waals surface area (Å²) in [6, 6.07) is 1.44. The quantitative estimate of drug-likeness (QED) is 0.710. The number of halogens is 2. The van der Waals surface area contributed by atoms with Crippen molar-refractivity contribution in [3.8, 4) is 5.75 Å². The summed E-state index contributed by atoms with van der Waals surface area (Å²) < 4.78 is 12.9. The van der Waals surface area contributed by atoms with Crippen LogP contribution in [-0.4, -0.2) is 5.11 Å². The molecule has 0 aliphatic rings. The van der Waals surface area contributed by atoms with E-state index in [9.17, 15) is 9.50 Å². The number of aryl methyl sites for hydroxylation is 1. The molecule has 66 valence electrons. The predicted octanol–water partition coefficient (Wildman–Crippen LogP) is 1.95. The molecule has 0 bridgehead atoms. The molecule has 1 rings (SSSR count). The van der Waals surface area contributed by atoms with E-state index in [0.717, 1.165) is 0 Å². The van der Waals surface area contributed by atoms with Crippen LogP contribution >= 0.6 is 11.6 Å². The second kappa shape index (κ2) is 3.29. The standard InChI is InChI=1S/C8H9ClFNO/c1-4-2-6(9)7(10)8(12)5(4)3-11/h2,12H,3,11H2,1H3. The molecular formula is C8H9ClFNO. The monoisotopic (exact) mass is 189 g/mol. The van der Waals surface area contributed by atoms with Gasteiger partial charge in [-0.05, 0) is 18.6 Å². The van der Waals surface area contributed by atoms with E-state index in [1.54, 1.807) is 6.92 Å². The Balaban J connectivity index is 3.40. The van der Waals surface area contributed by atoms with Gasteiger partial charge in [-0.3, -0.25) is 0 Å². The maximum Gasteiger partial charge on any atom is 0.183 e. The zero-order valence-electron chi connectivity index (χ0n) is 6.56. The Morgan fingerprint density at radius 3 is 2.75 bits per heavy atom. The van der Waals surface area contributed by atoms with Gasteiger partial charge in [-0.25, -0.2) is 4.39 Å². The van der Waals surface area contributed by atoms with Gasteiger partial charge in [-0.15, -0.1) is 0 Å². The first kappa shape index (κ1) is 9.29. The van der Waals surface area contributed by atoms with Crippen LogP contribution in [0.2, 0.25) is 5.02 Å². The van der Waals surface area contributed by atoms with Crippen LogP contribution in [0.5, 0.6) is 5.75 Å². The highest BCUT2D eigenvalue weighted by Gasteiger charge is 2.12. The van der Waals surface area contributed by atoms with E-state index in [1.165, 1.54) is 6.07 Å². The number of rotatable bonds is 1. The van der Waals surface area contributed by atoms with Crippen LogP contribution < -0.4 is 5.73 Å². The number of benzene rings is 1. The van der Waals surface area contributed by atoms with Crippen molar-refractivity contribution >= 4 is 11.6 Å². The van der Waals surface area contributed by atoms with Crippen molar-refractivity contribution in [2.24, 2.45) is 5.73 Å². The highest BCUT2D eigenvalue weighted by molar-refractivity contribution is 6.31. The minimum Gasteiger partial charge on any atom is -0.505 e. The topological polar surface area (TPSA) is 46.2 Å². The fraction of sp³-hybridized carbons (Fsp3) is 0.250. The van der Waals surface area contributed by atoms with Gasteiger partial charge < -0.3 is 10.8 Å². The zero-order valence-corrected chi connectivity index (χ0v) is 7.32. The van der Waals surface area contributed by atoms with Crippen molar-refractivity contribution in [2.75, 3.05) is 0 Å². The Morgan fingerprint density at radius 2 is 2.25 bits per heavy atom. The molecule has 0 atom stereocenters. The molecule has 1 aromatic rings. The largest absolute Gasteiger partial charge is 0.505 e. The van der Waals surface area contributed by atoms with Crippen LogP contribution in [0.1, 0.15) is 11.1 Å². The molecule has 0 aromatic heterocycles. The molecule has 0 radical (unpaired) electrons. The van der Waals surface area contributed by atoms with Crippen molar-refractivity contribution in [3.05, 3.63) is 28.0 Å². The number of aromatic hydroxyl groups is 1. The number of hydrogen-bond donors (Lipinski definition) is 2. The van der Waals surface area contributed by atoms with Gasteiger partial charge in [0.2, 0.25) is 0 Å². The third-order valence-electron chi connectivity index (χ3n) is 1.73. The van der Waals surface area contributed by atoms with Crippen LogP contribution in [-0.2, 0) is 6.54 Å². The minimum absolute atomic E-state index is 0.0813. The fourth-order valence-corrected chi connectivity index (χ4v) is 1.28. The van der Waals surface area contributed by atoms with Crippen LogP contribution in [0, 0.1) is 12.7 Å². The Morgan fingerprint density at radius 1 is 1.67 bits per heavy atom. The SMILES string of the molecule is Cc1cc(Cl)c(F)c(O)c1CN. The van der Waals surface area contributed by atoms with E-state index in [4.69, 9.17) is 17.3 Å². The zero-order chi connectivity index (χ0) is 9.30. The maximum atomic E-state index is 12.9. The van der Waals surface area contributed by atoms with Gasteiger partial charge in [0.25, 0.3) is 0 Å². The lowest BCUT2D eigenvalue weighted by atomic mass is 10.1. The molecule has 1 aromatic carbocycles. The van der Waals surface area contributed by atoms with Crippen molar-refractivity contribution in [1.29, 1.82) is 0 Å². The minimum atomic E-state index is -0.803. The van der Waals surface area contributed by atoms with Crippen LogP contribution in [0.4, 0.5) is 4.39 Å². The number of hydrogen-bond acceptors (Lipinski definition) is 2. The van der Waals surface area contributed by atoms with Gasteiger partial charge in [0.05, 0.1) is 5.02 Å². The van der Waals surface area contributed by atoms with E-state index < -0.39 is 11.6 Å². The summed E-state index contributed by atoms with van der Waals surface area (Å²) in [5.41, 5.74) is 6.40. The van der Waals surface area contributed by atoms with Crippen molar-refractivity contribution in [1.82, 2.24) is 0 Å².